The van der Waals surface area contributed by atoms with E-state index in [1.54, 1.807) is 24.4 Å². The Hall–Kier alpha value is -1.49. The van der Waals surface area contributed by atoms with E-state index in [2.05, 4.69) is 4.98 Å². The van der Waals surface area contributed by atoms with Crippen LogP contribution in [-0.4, -0.2) is 10.4 Å². The summed E-state index contributed by atoms with van der Waals surface area (Å²) in [6.07, 6.45) is 1.67. The summed E-state index contributed by atoms with van der Waals surface area (Å²) < 4.78 is 0. The molecule has 0 aromatic carbocycles. The monoisotopic (exact) mass is 156 g/mol. The second-order valence-electron chi connectivity index (χ2n) is 1.88. The number of nitrogens with one attached hydrogen (secondary N) is 1. The Morgan fingerprint density at radius 2 is 2.27 bits per heavy atom. The first-order chi connectivity index (χ1) is 4.79. The van der Waals surface area contributed by atoms with E-state index in [1.807, 2.05) is 0 Å². The first kappa shape index (κ1) is 9.51. The summed E-state index contributed by atoms with van der Waals surface area (Å²) in [5.41, 5.74) is 0.618. The number of H-pyrrole nitrogens is 1. The van der Waals surface area contributed by atoms with E-state index in [9.17, 15) is 10.1 Å². The molecule has 5 heteroatoms. The lowest BCUT2D eigenvalue weighted by atomic mass is 10.4. The van der Waals surface area contributed by atoms with Gasteiger partial charge in [-0.1, -0.05) is 0 Å². The number of aromatic nitrogens is 1. The average Bonchev–Trinajstić information content (AvgIpc) is 1.88. The summed E-state index contributed by atoms with van der Waals surface area (Å²) in [6, 6.07) is 5.22. The van der Waals surface area contributed by atoms with Crippen LogP contribution in [0.3, 0.4) is 0 Å². The van der Waals surface area contributed by atoms with Crippen molar-refractivity contribution in [2.45, 2.75) is 6.54 Å². The van der Waals surface area contributed by atoms with Crippen LogP contribution in [0.25, 0.3) is 0 Å². The van der Waals surface area contributed by atoms with Crippen LogP contribution in [0.15, 0.2) is 24.4 Å². The highest BCUT2D eigenvalue weighted by Gasteiger charge is 2.05. The number of rotatable bonds is 2. The van der Waals surface area contributed by atoms with Crippen LogP contribution in [0.1, 0.15) is 5.69 Å². The van der Waals surface area contributed by atoms with Gasteiger partial charge in [-0.25, -0.2) is 4.98 Å². The Labute approximate surface area is 63.1 Å². The van der Waals surface area contributed by atoms with Gasteiger partial charge in [0.15, 0.2) is 6.20 Å². The van der Waals surface area contributed by atoms with E-state index in [1.165, 1.54) is 0 Å². The number of nitro groups is 1. The number of aromatic amines is 1. The molecular weight excluding hydrogens is 148 g/mol. The molecule has 0 saturated heterocycles. The lowest BCUT2D eigenvalue weighted by Crippen LogP contribution is -2.13. The fourth-order valence-electron chi connectivity index (χ4n) is 0.668. The Balaban J connectivity index is 0.000001000. The zero-order chi connectivity index (χ0) is 7.40. The van der Waals surface area contributed by atoms with Crippen LogP contribution in [0.5, 0.6) is 0 Å². The minimum absolute atomic E-state index is 0. The molecule has 1 heterocycles. The molecule has 0 radical (unpaired) electrons. The van der Waals surface area contributed by atoms with Crippen LogP contribution in [0, 0.1) is 10.1 Å². The topological polar surface area (TPSA) is 87.3 Å². The summed E-state index contributed by atoms with van der Waals surface area (Å²) in [4.78, 5) is 12.3. The van der Waals surface area contributed by atoms with Gasteiger partial charge in [-0.2, -0.15) is 0 Å². The SMILES string of the molecule is O=[N+]([O-])Cc1cccc[nH+]1.[OH-]. The van der Waals surface area contributed by atoms with Crippen molar-refractivity contribution in [3.05, 3.63) is 40.2 Å². The van der Waals surface area contributed by atoms with Gasteiger partial charge in [0.05, 0.1) is 0 Å². The first-order valence-electron chi connectivity index (χ1n) is 2.86. The summed E-state index contributed by atoms with van der Waals surface area (Å²) >= 11 is 0. The van der Waals surface area contributed by atoms with Gasteiger partial charge in [-0.05, 0) is 6.07 Å². The average molecular weight is 156 g/mol. The Kier molecular flexibility index (Phi) is 3.76. The molecule has 0 spiro atoms. The normalized spacial score (nSPS) is 8.36. The molecule has 0 saturated carbocycles. The van der Waals surface area contributed by atoms with Crippen molar-refractivity contribution in [3.63, 3.8) is 0 Å². The van der Waals surface area contributed by atoms with E-state index in [0.717, 1.165) is 0 Å². The number of nitrogens with zero attached hydrogens (tertiary/aromatic N) is 1. The van der Waals surface area contributed by atoms with Crippen LogP contribution >= 0.6 is 0 Å². The van der Waals surface area contributed by atoms with Gasteiger partial charge in [0.2, 0.25) is 0 Å². The highest BCUT2D eigenvalue weighted by molar-refractivity contribution is 4.94. The molecule has 1 aromatic heterocycles. The standard InChI is InChI=1S/C6H6N2O2.H2O/c9-8(10)5-6-3-1-2-4-7-6;/h1-4H,5H2;1H2. The van der Waals surface area contributed by atoms with Crippen molar-refractivity contribution < 1.29 is 15.4 Å². The fourth-order valence-corrected chi connectivity index (χ4v) is 0.668. The van der Waals surface area contributed by atoms with E-state index in [-0.39, 0.29) is 16.9 Å². The Morgan fingerprint density at radius 1 is 1.55 bits per heavy atom. The Bertz CT molecular complexity index is 225. The highest BCUT2D eigenvalue weighted by atomic mass is 16.6. The third-order valence-electron chi connectivity index (χ3n) is 1.07. The second-order valence-corrected chi connectivity index (χ2v) is 1.88. The second kappa shape index (κ2) is 4.35. The molecule has 5 nitrogen and oxygen atoms in total. The summed E-state index contributed by atoms with van der Waals surface area (Å²) in [6.45, 7) is -0.138. The molecule has 0 aliphatic heterocycles. The summed E-state index contributed by atoms with van der Waals surface area (Å²) in [7, 11) is 0. The van der Waals surface area contributed by atoms with Gasteiger partial charge in [-0.3, -0.25) is 10.1 Å². The van der Waals surface area contributed by atoms with Gasteiger partial charge in [0, 0.05) is 17.1 Å². The number of hydrogen-bond acceptors (Lipinski definition) is 3. The molecule has 0 atom stereocenters. The molecule has 0 amide bonds. The molecule has 0 unspecified atom stereocenters. The smallest absolute Gasteiger partial charge is 0.286 e. The molecule has 2 N–H and O–H groups in total. The number of pyridine rings is 1. The molecule has 1 aromatic rings. The zero-order valence-electron chi connectivity index (χ0n) is 5.73. The van der Waals surface area contributed by atoms with Gasteiger partial charge in [0.1, 0.15) is 0 Å². The van der Waals surface area contributed by atoms with Crippen molar-refractivity contribution in [3.8, 4) is 0 Å². The van der Waals surface area contributed by atoms with Crippen molar-refractivity contribution in [1.29, 1.82) is 0 Å². The van der Waals surface area contributed by atoms with E-state index >= 15 is 0 Å². The molecule has 1 rings (SSSR count). The maximum absolute atomic E-state index is 9.95. The summed E-state index contributed by atoms with van der Waals surface area (Å²) in [5.74, 6) is 0. The van der Waals surface area contributed by atoms with Crippen LogP contribution in [0.4, 0.5) is 0 Å². The number of hydrogen-bond donors (Lipinski definition) is 0. The van der Waals surface area contributed by atoms with Crippen LogP contribution in [-0.2, 0) is 6.54 Å². The third-order valence-corrected chi connectivity index (χ3v) is 1.07. The van der Waals surface area contributed by atoms with Crippen molar-refractivity contribution in [1.82, 2.24) is 0 Å². The van der Waals surface area contributed by atoms with E-state index < -0.39 is 0 Å². The van der Waals surface area contributed by atoms with Crippen molar-refractivity contribution >= 4 is 0 Å². The molecule has 11 heavy (non-hydrogen) atoms. The molecule has 0 bridgehead atoms. The first-order valence-corrected chi connectivity index (χ1v) is 2.86. The highest BCUT2D eigenvalue weighted by Crippen LogP contribution is 1.88. The van der Waals surface area contributed by atoms with Gasteiger partial charge in [0.25, 0.3) is 12.2 Å². The molecule has 0 aliphatic rings. The fraction of sp³-hybridized carbons (Fsp3) is 0.167. The van der Waals surface area contributed by atoms with Crippen molar-refractivity contribution in [2.24, 2.45) is 0 Å². The molecule has 60 valence electrons. The minimum Gasteiger partial charge on any atom is -0.870 e. The minimum atomic E-state index is -0.369. The van der Waals surface area contributed by atoms with Crippen molar-refractivity contribution in [2.75, 3.05) is 0 Å². The predicted molar refractivity (Wildman–Crippen MR) is 35.6 cm³/mol. The zero-order valence-corrected chi connectivity index (χ0v) is 5.73. The third kappa shape index (κ3) is 3.27. The maximum atomic E-state index is 9.95. The van der Waals surface area contributed by atoms with Gasteiger partial charge < -0.3 is 5.48 Å². The molecular formula is C6H8N2O3. The van der Waals surface area contributed by atoms with Gasteiger partial charge >= 0.3 is 0 Å². The largest absolute Gasteiger partial charge is 0.870 e. The van der Waals surface area contributed by atoms with Crippen LogP contribution in [0.2, 0.25) is 0 Å². The quantitative estimate of drug-likeness (QED) is 0.449. The van der Waals surface area contributed by atoms with E-state index in [0.29, 0.717) is 5.69 Å². The van der Waals surface area contributed by atoms with Gasteiger partial charge in [-0.15, -0.1) is 0 Å². The predicted octanol–water partition coefficient (Wildman–Crippen LogP) is 0.101. The molecule has 0 fully saturated rings. The molecule has 0 aliphatic carbocycles. The maximum Gasteiger partial charge on any atom is 0.286 e. The lowest BCUT2D eigenvalue weighted by Gasteiger charge is -1.84. The summed E-state index contributed by atoms with van der Waals surface area (Å²) in [5, 5.41) is 9.95. The van der Waals surface area contributed by atoms with E-state index in [4.69, 9.17) is 0 Å². The lowest BCUT2D eigenvalue weighted by molar-refractivity contribution is -0.526. The van der Waals surface area contributed by atoms with Crippen LogP contribution < -0.4 is 4.98 Å². The Morgan fingerprint density at radius 3 is 2.73 bits per heavy atom.